The van der Waals surface area contributed by atoms with Gasteiger partial charge in [0.2, 0.25) is 0 Å². The van der Waals surface area contributed by atoms with Gasteiger partial charge in [-0.3, -0.25) is 0 Å². The third-order valence-corrected chi connectivity index (χ3v) is 3.85. The summed E-state index contributed by atoms with van der Waals surface area (Å²) in [5.41, 5.74) is 0.680. The summed E-state index contributed by atoms with van der Waals surface area (Å²) in [5.74, 6) is 0.312. The lowest BCUT2D eigenvalue weighted by Crippen LogP contribution is -1.96. The van der Waals surface area contributed by atoms with Gasteiger partial charge in [0.1, 0.15) is 24.5 Å². The maximum absolute atomic E-state index is 13.9. The van der Waals surface area contributed by atoms with E-state index in [2.05, 4.69) is 0 Å². The number of hydrogen-bond donors (Lipinski definition) is 0. The quantitative estimate of drug-likeness (QED) is 0.533. The summed E-state index contributed by atoms with van der Waals surface area (Å²) in [4.78, 5) is 11.3. The van der Waals surface area contributed by atoms with Crippen LogP contribution in [0.4, 0.5) is 4.39 Å². The van der Waals surface area contributed by atoms with E-state index in [-0.39, 0.29) is 5.82 Å². The van der Waals surface area contributed by atoms with Crippen LogP contribution < -0.4 is 4.74 Å². The molecule has 0 fully saturated rings. The Bertz CT molecular complexity index is 537. The molecule has 20 heavy (non-hydrogen) atoms. The van der Waals surface area contributed by atoms with Crippen molar-refractivity contribution in [1.82, 2.24) is 0 Å². The Morgan fingerprint density at radius 3 is 2.85 bits per heavy atom. The molecule has 0 aliphatic carbocycles. The molecule has 0 aliphatic heterocycles. The lowest BCUT2D eigenvalue weighted by atomic mass is 10.1. The van der Waals surface area contributed by atoms with E-state index in [1.807, 2.05) is 17.5 Å². The van der Waals surface area contributed by atoms with Gasteiger partial charge in [0.15, 0.2) is 0 Å². The molecule has 2 aromatic rings. The molecule has 1 aromatic heterocycles. The first-order valence-corrected chi connectivity index (χ1v) is 7.55. The second-order valence-corrected chi connectivity index (χ2v) is 5.57. The number of ether oxygens (including phenoxy) is 1. The Morgan fingerprint density at radius 2 is 2.15 bits per heavy atom. The summed E-state index contributed by atoms with van der Waals surface area (Å²) >= 11 is 1.62. The average molecular weight is 292 g/mol. The number of carbonyl (C=O) groups excluding carboxylic acids is 1. The highest BCUT2D eigenvalue weighted by Gasteiger charge is 2.05. The topological polar surface area (TPSA) is 26.3 Å². The summed E-state index contributed by atoms with van der Waals surface area (Å²) in [6, 6.07) is 8.95. The van der Waals surface area contributed by atoms with Crippen molar-refractivity contribution in [2.75, 3.05) is 0 Å². The third kappa shape index (κ3) is 4.46. The molecule has 0 spiro atoms. The van der Waals surface area contributed by atoms with Gasteiger partial charge in [-0.25, -0.2) is 4.39 Å². The number of hydrogen-bond acceptors (Lipinski definition) is 3. The highest BCUT2D eigenvalue weighted by molar-refractivity contribution is 7.09. The van der Waals surface area contributed by atoms with Crippen molar-refractivity contribution >= 4 is 17.6 Å². The minimum atomic E-state index is -0.236. The molecule has 0 radical (unpaired) electrons. The van der Waals surface area contributed by atoms with Crippen LogP contribution in [0.15, 0.2) is 35.7 Å². The predicted molar refractivity (Wildman–Crippen MR) is 78.7 cm³/mol. The van der Waals surface area contributed by atoms with E-state index < -0.39 is 0 Å². The Hall–Kier alpha value is -1.68. The number of aldehydes is 1. The van der Waals surface area contributed by atoms with E-state index in [0.29, 0.717) is 30.8 Å². The molecule has 0 unspecified atom stereocenters. The zero-order valence-electron chi connectivity index (χ0n) is 11.2. The second-order valence-electron chi connectivity index (χ2n) is 4.53. The van der Waals surface area contributed by atoms with Gasteiger partial charge < -0.3 is 9.53 Å². The molecule has 0 amide bonds. The monoisotopic (exact) mass is 292 g/mol. The summed E-state index contributed by atoms with van der Waals surface area (Å²) in [5, 5.41) is 1.99. The average Bonchev–Trinajstić information content (AvgIpc) is 2.96. The van der Waals surface area contributed by atoms with Crippen molar-refractivity contribution in [3.8, 4) is 5.75 Å². The van der Waals surface area contributed by atoms with Gasteiger partial charge >= 0.3 is 0 Å². The van der Waals surface area contributed by atoms with E-state index in [1.54, 1.807) is 23.5 Å². The number of aryl methyl sites for hydroxylation is 1. The molecular formula is C16H17FO2S. The van der Waals surface area contributed by atoms with E-state index in [0.717, 1.165) is 24.0 Å². The normalized spacial score (nSPS) is 10.4. The second kappa shape index (κ2) is 7.80. The highest BCUT2D eigenvalue weighted by Crippen LogP contribution is 2.20. The van der Waals surface area contributed by atoms with Crippen LogP contribution in [0.2, 0.25) is 0 Å². The van der Waals surface area contributed by atoms with Crippen molar-refractivity contribution in [3.63, 3.8) is 0 Å². The van der Waals surface area contributed by atoms with Gasteiger partial charge in [0, 0.05) is 17.4 Å². The first kappa shape index (κ1) is 14.7. The van der Waals surface area contributed by atoms with Gasteiger partial charge in [-0.2, -0.15) is 0 Å². The lowest BCUT2D eigenvalue weighted by molar-refractivity contribution is -0.107. The van der Waals surface area contributed by atoms with Crippen LogP contribution in [-0.4, -0.2) is 6.29 Å². The van der Waals surface area contributed by atoms with Gasteiger partial charge in [-0.05, 0) is 42.3 Å². The maximum atomic E-state index is 13.9. The fourth-order valence-electron chi connectivity index (χ4n) is 1.91. The Morgan fingerprint density at radius 1 is 1.25 bits per heavy atom. The highest BCUT2D eigenvalue weighted by atomic mass is 32.1. The first-order valence-electron chi connectivity index (χ1n) is 6.67. The van der Waals surface area contributed by atoms with Gasteiger partial charge in [0.05, 0.1) is 0 Å². The number of rotatable bonds is 8. The molecule has 0 saturated heterocycles. The first-order chi connectivity index (χ1) is 9.79. The number of thiophene rings is 1. The van der Waals surface area contributed by atoms with Crippen molar-refractivity contribution in [2.24, 2.45) is 0 Å². The predicted octanol–water partition coefficient (Wildman–Crippen LogP) is 4.38. The van der Waals surface area contributed by atoms with E-state index in [1.165, 1.54) is 6.07 Å². The van der Waals surface area contributed by atoms with Crippen molar-refractivity contribution < 1.29 is 13.9 Å². The zero-order valence-corrected chi connectivity index (χ0v) is 12.0. The Balaban J connectivity index is 1.86. The van der Waals surface area contributed by atoms with Crippen LogP contribution >= 0.6 is 11.3 Å². The zero-order chi connectivity index (χ0) is 14.2. The minimum Gasteiger partial charge on any atom is -0.488 e. The standard InChI is InChI=1S/C16H17FO2S/c17-16-11-14(19-12-15-6-4-10-20-15)8-7-13(16)5-2-1-3-9-18/h4,6-11H,1-3,5,12H2. The van der Waals surface area contributed by atoms with E-state index in [4.69, 9.17) is 4.74 Å². The van der Waals surface area contributed by atoms with Crippen LogP contribution in [0.1, 0.15) is 29.7 Å². The van der Waals surface area contributed by atoms with Crippen LogP contribution in [0.3, 0.4) is 0 Å². The Kier molecular flexibility index (Phi) is 5.74. The van der Waals surface area contributed by atoms with Crippen molar-refractivity contribution in [1.29, 1.82) is 0 Å². The molecule has 0 N–H and O–H groups in total. The molecule has 0 aliphatic rings. The largest absolute Gasteiger partial charge is 0.488 e. The van der Waals surface area contributed by atoms with Crippen LogP contribution in [0.5, 0.6) is 5.75 Å². The summed E-state index contributed by atoms with van der Waals surface area (Å²) in [7, 11) is 0. The molecule has 4 heteroatoms. The summed E-state index contributed by atoms with van der Waals surface area (Å²) in [6.45, 7) is 0.468. The lowest BCUT2D eigenvalue weighted by Gasteiger charge is -2.07. The smallest absolute Gasteiger partial charge is 0.130 e. The van der Waals surface area contributed by atoms with Crippen LogP contribution in [0, 0.1) is 5.82 Å². The maximum Gasteiger partial charge on any atom is 0.130 e. The van der Waals surface area contributed by atoms with Crippen LogP contribution in [-0.2, 0) is 17.8 Å². The molecular weight excluding hydrogens is 275 g/mol. The molecule has 0 atom stereocenters. The molecule has 0 saturated carbocycles. The van der Waals surface area contributed by atoms with Gasteiger partial charge in [0.25, 0.3) is 0 Å². The Labute approximate surface area is 122 Å². The molecule has 106 valence electrons. The fourth-order valence-corrected chi connectivity index (χ4v) is 2.53. The van der Waals surface area contributed by atoms with Gasteiger partial charge in [-0.1, -0.05) is 12.1 Å². The number of unbranched alkanes of at least 4 members (excludes halogenated alkanes) is 2. The summed E-state index contributed by atoms with van der Waals surface area (Å²) in [6.07, 6.45) is 3.73. The summed E-state index contributed by atoms with van der Waals surface area (Å²) < 4.78 is 19.4. The molecule has 2 nitrogen and oxygen atoms in total. The number of carbonyl (C=O) groups is 1. The van der Waals surface area contributed by atoms with Gasteiger partial charge in [-0.15, -0.1) is 11.3 Å². The fraction of sp³-hybridized carbons (Fsp3) is 0.312. The number of benzene rings is 1. The SMILES string of the molecule is O=CCCCCc1ccc(OCc2cccs2)cc1F. The van der Waals surface area contributed by atoms with E-state index >= 15 is 0 Å². The molecule has 1 aromatic carbocycles. The van der Waals surface area contributed by atoms with Crippen LogP contribution in [0.25, 0.3) is 0 Å². The number of halogens is 1. The third-order valence-electron chi connectivity index (χ3n) is 3.00. The molecule has 0 bridgehead atoms. The van der Waals surface area contributed by atoms with E-state index in [9.17, 15) is 9.18 Å². The molecule has 2 rings (SSSR count). The molecule has 1 heterocycles. The van der Waals surface area contributed by atoms with Crippen molar-refractivity contribution in [3.05, 3.63) is 52.0 Å². The van der Waals surface area contributed by atoms with Crippen molar-refractivity contribution in [2.45, 2.75) is 32.3 Å². The minimum absolute atomic E-state index is 0.236.